The first-order valence-corrected chi connectivity index (χ1v) is 10.6. The van der Waals surface area contributed by atoms with Crippen LogP contribution < -0.4 is 0 Å². The van der Waals surface area contributed by atoms with Crippen molar-refractivity contribution in [1.29, 1.82) is 0 Å². The van der Waals surface area contributed by atoms with E-state index in [4.69, 9.17) is 4.98 Å². The molecule has 1 heterocycles. The normalized spacial score (nSPS) is 11.9. The molecule has 0 saturated heterocycles. The molecule has 0 spiro atoms. The summed E-state index contributed by atoms with van der Waals surface area (Å²) in [5.41, 5.74) is 9.61. The fourth-order valence-electron chi connectivity index (χ4n) is 4.99. The number of para-hydroxylation sites is 3. The lowest BCUT2D eigenvalue weighted by Crippen LogP contribution is -1.97. The summed E-state index contributed by atoms with van der Waals surface area (Å²) in [5.74, 6) is 0.971. The predicted octanol–water partition coefficient (Wildman–Crippen LogP) is 7.49. The minimum absolute atomic E-state index is 0.971. The molecule has 2 nitrogen and oxygen atoms in total. The van der Waals surface area contributed by atoms with Gasteiger partial charge in [0.05, 0.1) is 11.0 Å². The molecule has 0 atom stereocenters. The molecule has 144 valence electrons. The summed E-state index contributed by atoms with van der Waals surface area (Å²) in [6, 6.07) is 38.8. The van der Waals surface area contributed by atoms with Crippen LogP contribution in [0, 0.1) is 0 Å². The highest BCUT2D eigenvalue weighted by molar-refractivity contribution is 6.15. The van der Waals surface area contributed by atoms with Crippen molar-refractivity contribution in [2.24, 2.45) is 0 Å². The third-order valence-corrected chi connectivity index (χ3v) is 6.34. The van der Waals surface area contributed by atoms with Crippen molar-refractivity contribution in [3.63, 3.8) is 0 Å². The van der Waals surface area contributed by atoms with Crippen molar-refractivity contribution in [3.8, 4) is 39.3 Å². The molecule has 1 aliphatic rings. The molecule has 7 rings (SSSR count). The van der Waals surface area contributed by atoms with Gasteiger partial charge in [-0.25, -0.2) is 4.98 Å². The van der Waals surface area contributed by atoms with Crippen molar-refractivity contribution < 1.29 is 0 Å². The van der Waals surface area contributed by atoms with Crippen LogP contribution in [0.2, 0.25) is 0 Å². The van der Waals surface area contributed by atoms with Gasteiger partial charge in [0.15, 0.2) is 0 Å². The van der Waals surface area contributed by atoms with Gasteiger partial charge in [-0.3, -0.25) is 4.57 Å². The number of hydrogen-bond acceptors (Lipinski definition) is 1. The van der Waals surface area contributed by atoms with E-state index in [2.05, 4.69) is 114 Å². The molecule has 0 saturated carbocycles. The molecule has 2 heteroatoms. The van der Waals surface area contributed by atoms with Crippen LogP contribution in [0.1, 0.15) is 0 Å². The predicted molar refractivity (Wildman–Crippen MR) is 128 cm³/mol. The highest BCUT2D eigenvalue weighted by Crippen LogP contribution is 2.48. The topological polar surface area (TPSA) is 17.8 Å². The molecule has 1 aliphatic carbocycles. The van der Waals surface area contributed by atoms with E-state index in [0.717, 1.165) is 28.1 Å². The third-order valence-electron chi connectivity index (χ3n) is 6.34. The Kier molecular flexibility index (Phi) is 3.30. The molecule has 0 bridgehead atoms. The second-order valence-electron chi connectivity index (χ2n) is 8.06. The number of hydrogen-bond donors (Lipinski definition) is 0. The maximum Gasteiger partial charge on any atom is 0.145 e. The van der Waals surface area contributed by atoms with Gasteiger partial charge in [-0.05, 0) is 63.4 Å². The minimum Gasteiger partial charge on any atom is -0.292 e. The maximum absolute atomic E-state index is 5.05. The van der Waals surface area contributed by atoms with Crippen molar-refractivity contribution in [2.75, 3.05) is 0 Å². The Hall–Kier alpha value is -4.17. The van der Waals surface area contributed by atoms with Crippen LogP contribution in [0.3, 0.4) is 0 Å². The first kappa shape index (κ1) is 16.6. The summed E-state index contributed by atoms with van der Waals surface area (Å²) in [7, 11) is 0. The quantitative estimate of drug-likeness (QED) is 0.297. The summed E-state index contributed by atoms with van der Waals surface area (Å²) in [5, 5.41) is 2.65. The summed E-state index contributed by atoms with van der Waals surface area (Å²) >= 11 is 0. The molecule has 6 aromatic rings. The Bertz CT molecular complexity index is 1620. The second kappa shape index (κ2) is 6.16. The number of benzene rings is 5. The molecule has 0 fully saturated rings. The SMILES string of the molecule is c1ccc(-n2c(-c3ccc4c(c3)-c3cccc5cccc-4c35)nc3ccccc32)cc1. The average Bonchev–Trinajstić information content (AvgIpc) is 3.38. The molecule has 5 aromatic carbocycles. The Morgan fingerprint density at radius 2 is 1.29 bits per heavy atom. The lowest BCUT2D eigenvalue weighted by Gasteiger charge is -2.11. The summed E-state index contributed by atoms with van der Waals surface area (Å²) < 4.78 is 2.26. The highest BCUT2D eigenvalue weighted by atomic mass is 15.1. The molecule has 1 aromatic heterocycles. The number of nitrogens with zero attached hydrogens (tertiary/aromatic N) is 2. The lowest BCUT2D eigenvalue weighted by atomic mass is 10.0. The van der Waals surface area contributed by atoms with Gasteiger partial charge in [0, 0.05) is 11.3 Å². The van der Waals surface area contributed by atoms with Crippen molar-refractivity contribution in [3.05, 3.63) is 109 Å². The van der Waals surface area contributed by atoms with Crippen LogP contribution in [-0.2, 0) is 0 Å². The Morgan fingerprint density at radius 1 is 0.548 bits per heavy atom. The van der Waals surface area contributed by atoms with E-state index >= 15 is 0 Å². The van der Waals surface area contributed by atoms with Gasteiger partial charge in [-0.2, -0.15) is 0 Å². The monoisotopic (exact) mass is 394 g/mol. The minimum atomic E-state index is 0.971. The van der Waals surface area contributed by atoms with Crippen molar-refractivity contribution in [2.45, 2.75) is 0 Å². The lowest BCUT2D eigenvalue weighted by molar-refractivity contribution is 1.10. The van der Waals surface area contributed by atoms with Gasteiger partial charge >= 0.3 is 0 Å². The first-order valence-electron chi connectivity index (χ1n) is 10.6. The van der Waals surface area contributed by atoms with E-state index in [1.165, 1.54) is 33.0 Å². The highest BCUT2D eigenvalue weighted by Gasteiger charge is 2.22. The van der Waals surface area contributed by atoms with Crippen LogP contribution >= 0.6 is 0 Å². The van der Waals surface area contributed by atoms with E-state index in [0.29, 0.717) is 0 Å². The van der Waals surface area contributed by atoms with Crippen LogP contribution in [0.15, 0.2) is 109 Å². The summed E-state index contributed by atoms with van der Waals surface area (Å²) in [6.07, 6.45) is 0. The van der Waals surface area contributed by atoms with Crippen LogP contribution in [0.4, 0.5) is 0 Å². The molecule has 0 aliphatic heterocycles. The standard InChI is InChI=1S/C29H18N2/c1-2-10-21(11-3-1)31-27-15-5-4-14-26(27)30-29(31)20-16-17-22-23-12-6-8-19-9-7-13-24(28(19)23)25(22)18-20/h1-18H. The number of rotatable bonds is 2. The number of imidazole rings is 1. The second-order valence-corrected chi connectivity index (χ2v) is 8.06. The zero-order valence-corrected chi connectivity index (χ0v) is 16.8. The maximum atomic E-state index is 5.05. The molecule has 0 radical (unpaired) electrons. The van der Waals surface area contributed by atoms with Gasteiger partial charge in [-0.15, -0.1) is 0 Å². The molecular formula is C29H18N2. The van der Waals surface area contributed by atoms with Crippen LogP contribution in [0.25, 0.3) is 61.1 Å². The van der Waals surface area contributed by atoms with E-state index < -0.39 is 0 Å². The number of aromatic nitrogens is 2. The van der Waals surface area contributed by atoms with E-state index in [9.17, 15) is 0 Å². The van der Waals surface area contributed by atoms with Gasteiger partial charge < -0.3 is 0 Å². The van der Waals surface area contributed by atoms with Gasteiger partial charge in [0.1, 0.15) is 5.82 Å². The Balaban J connectivity index is 1.51. The van der Waals surface area contributed by atoms with E-state index in [1.54, 1.807) is 0 Å². The van der Waals surface area contributed by atoms with Crippen molar-refractivity contribution >= 4 is 21.8 Å². The fraction of sp³-hybridized carbons (Fsp3) is 0. The Labute approximate surface area is 180 Å². The molecular weight excluding hydrogens is 376 g/mol. The van der Waals surface area contributed by atoms with E-state index in [-0.39, 0.29) is 0 Å². The molecule has 0 N–H and O–H groups in total. The fourth-order valence-corrected chi connectivity index (χ4v) is 4.99. The number of fused-ring (bicyclic) bond motifs is 4. The third kappa shape index (κ3) is 2.30. The first-order chi connectivity index (χ1) is 15.4. The Morgan fingerprint density at radius 3 is 2.13 bits per heavy atom. The zero-order valence-electron chi connectivity index (χ0n) is 16.8. The van der Waals surface area contributed by atoms with Gasteiger partial charge in [0.2, 0.25) is 0 Å². The largest absolute Gasteiger partial charge is 0.292 e. The van der Waals surface area contributed by atoms with Crippen LogP contribution in [0.5, 0.6) is 0 Å². The molecule has 0 unspecified atom stereocenters. The smallest absolute Gasteiger partial charge is 0.145 e. The van der Waals surface area contributed by atoms with Gasteiger partial charge in [-0.1, -0.05) is 78.9 Å². The van der Waals surface area contributed by atoms with Crippen LogP contribution in [-0.4, -0.2) is 9.55 Å². The molecule has 31 heavy (non-hydrogen) atoms. The van der Waals surface area contributed by atoms with E-state index in [1.807, 2.05) is 0 Å². The summed E-state index contributed by atoms with van der Waals surface area (Å²) in [4.78, 5) is 5.05. The zero-order chi connectivity index (χ0) is 20.4. The van der Waals surface area contributed by atoms with Gasteiger partial charge in [0.25, 0.3) is 0 Å². The molecule has 0 amide bonds. The van der Waals surface area contributed by atoms with Crippen molar-refractivity contribution in [1.82, 2.24) is 9.55 Å². The average molecular weight is 394 g/mol. The summed E-state index contributed by atoms with van der Waals surface area (Å²) in [6.45, 7) is 0.